The molecule has 2 aromatic rings. The van der Waals surface area contributed by atoms with Gasteiger partial charge in [0, 0.05) is 10.4 Å². The van der Waals surface area contributed by atoms with Crippen molar-refractivity contribution in [1.82, 2.24) is 0 Å². The molecule has 2 nitrogen and oxygen atoms in total. The van der Waals surface area contributed by atoms with Gasteiger partial charge in [0.1, 0.15) is 5.76 Å². The van der Waals surface area contributed by atoms with Crippen LogP contribution in [-0.4, -0.2) is 10.9 Å². The normalized spacial score (nSPS) is 22.2. The molecule has 0 aromatic heterocycles. The SMILES string of the molecule is CCCC1CCCCC1(C)/C(O)=C(\C(C)=O)c1cc(C)c(-c2ccc(Cl)cc2)cc1C. The third-order valence-corrected chi connectivity index (χ3v) is 7.41. The molecule has 1 N–H and O–H groups in total. The number of ketones is 1. The molecule has 0 saturated heterocycles. The van der Waals surface area contributed by atoms with Crippen molar-refractivity contribution in [1.29, 1.82) is 0 Å². The summed E-state index contributed by atoms with van der Waals surface area (Å²) in [6.45, 7) is 10.0. The van der Waals surface area contributed by atoms with E-state index in [2.05, 4.69) is 32.9 Å². The molecule has 0 aliphatic heterocycles. The third-order valence-electron chi connectivity index (χ3n) is 7.16. The molecule has 3 heteroatoms. The van der Waals surface area contributed by atoms with Crippen LogP contribution in [0, 0.1) is 25.2 Å². The Kier molecular flexibility index (Phi) is 7.31. The van der Waals surface area contributed by atoms with Crippen LogP contribution in [0.2, 0.25) is 5.02 Å². The van der Waals surface area contributed by atoms with E-state index in [1.807, 2.05) is 31.2 Å². The van der Waals surface area contributed by atoms with Crippen molar-refractivity contribution in [2.75, 3.05) is 0 Å². The van der Waals surface area contributed by atoms with Crippen molar-refractivity contribution in [2.45, 2.75) is 73.1 Å². The van der Waals surface area contributed by atoms with Gasteiger partial charge in [0.15, 0.2) is 5.78 Å². The fourth-order valence-electron chi connectivity index (χ4n) is 5.32. The first-order valence-corrected chi connectivity index (χ1v) is 11.9. The smallest absolute Gasteiger partial charge is 0.163 e. The Labute approximate surface area is 192 Å². The number of benzene rings is 2. The van der Waals surface area contributed by atoms with Crippen LogP contribution in [0.3, 0.4) is 0 Å². The Morgan fingerprint density at radius 2 is 1.81 bits per heavy atom. The number of hydrogen-bond acceptors (Lipinski definition) is 2. The molecule has 1 saturated carbocycles. The quantitative estimate of drug-likeness (QED) is 0.362. The maximum absolute atomic E-state index is 12.9. The van der Waals surface area contributed by atoms with Crippen molar-refractivity contribution in [3.8, 4) is 11.1 Å². The molecule has 0 radical (unpaired) electrons. The van der Waals surface area contributed by atoms with Crippen LogP contribution in [0.4, 0.5) is 0 Å². The average Bonchev–Trinajstić information content (AvgIpc) is 2.73. The van der Waals surface area contributed by atoms with Crippen LogP contribution < -0.4 is 0 Å². The van der Waals surface area contributed by atoms with Crippen molar-refractivity contribution in [3.63, 3.8) is 0 Å². The zero-order valence-corrected chi connectivity index (χ0v) is 20.3. The van der Waals surface area contributed by atoms with Gasteiger partial charge in [-0.3, -0.25) is 4.79 Å². The largest absolute Gasteiger partial charge is 0.511 e. The number of halogens is 1. The van der Waals surface area contributed by atoms with Gasteiger partial charge >= 0.3 is 0 Å². The van der Waals surface area contributed by atoms with Crippen molar-refractivity contribution in [3.05, 3.63) is 63.9 Å². The molecule has 1 aliphatic carbocycles. The third kappa shape index (κ3) is 4.75. The van der Waals surface area contributed by atoms with Gasteiger partial charge in [-0.05, 0) is 85.9 Å². The molecule has 3 rings (SSSR count). The topological polar surface area (TPSA) is 37.3 Å². The number of carbonyl (C=O) groups is 1. The minimum Gasteiger partial charge on any atom is -0.511 e. The number of aliphatic hydroxyl groups is 1. The molecule has 2 aromatic carbocycles. The van der Waals surface area contributed by atoms with Gasteiger partial charge in [-0.1, -0.05) is 69.0 Å². The lowest BCUT2D eigenvalue weighted by Gasteiger charge is -2.42. The summed E-state index contributed by atoms with van der Waals surface area (Å²) >= 11 is 6.06. The standard InChI is InChI=1S/C28H35ClO2/c1-6-9-22-10-7-8-15-28(22,5)27(31)26(20(4)30)25-17-18(2)24(16-19(25)3)21-11-13-23(29)14-12-21/h11-14,16-17,22,31H,6-10,15H2,1-5H3/b27-26-. The Morgan fingerprint density at radius 3 is 2.42 bits per heavy atom. The summed E-state index contributed by atoms with van der Waals surface area (Å²) in [5.74, 6) is 0.636. The molecule has 1 aliphatic rings. The summed E-state index contributed by atoms with van der Waals surface area (Å²) in [5, 5.41) is 12.3. The van der Waals surface area contributed by atoms with Gasteiger partial charge in [-0.15, -0.1) is 0 Å². The summed E-state index contributed by atoms with van der Waals surface area (Å²) < 4.78 is 0. The minimum absolute atomic E-state index is 0.0683. The number of hydrogen-bond donors (Lipinski definition) is 1. The van der Waals surface area contributed by atoms with Crippen LogP contribution in [0.15, 0.2) is 42.2 Å². The summed E-state index contributed by atoms with van der Waals surface area (Å²) in [7, 11) is 0. The number of allylic oxidation sites excluding steroid dienone is 2. The number of carbonyl (C=O) groups excluding carboxylic acids is 1. The van der Waals surface area contributed by atoms with Crippen LogP contribution >= 0.6 is 11.6 Å². The molecule has 166 valence electrons. The average molecular weight is 439 g/mol. The lowest BCUT2D eigenvalue weighted by atomic mass is 9.63. The highest BCUT2D eigenvalue weighted by Gasteiger charge is 2.41. The van der Waals surface area contributed by atoms with Gasteiger partial charge in [0.05, 0.1) is 5.57 Å². The van der Waals surface area contributed by atoms with E-state index in [-0.39, 0.29) is 11.2 Å². The van der Waals surface area contributed by atoms with Crippen molar-refractivity contribution < 1.29 is 9.90 Å². The Bertz CT molecular complexity index is 985. The first-order chi connectivity index (χ1) is 14.7. The zero-order chi connectivity index (χ0) is 22.8. The summed E-state index contributed by atoms with van der Waals surface area (Å²) in [5.41, 5.74) is 5.29. The second kappa shape index (κ2) is 9.61. The van der Waals surface area contributed by atoms with Crippen molar-refractivity contribution >= 4 is 23.0 Å². The van der Waals surface area contributed by atoms with E-state index >= 15 is 0 Å². The number of Topliss-reactive ketones (excluding diaryl/α,β-unsaturated/α-hetero) is 1. The molecule has 0 amide bonds. The van der Waals surface area contributed by atoms with Gasteiger partial charge in [-0.25, -0.2) is 0 Å². The molecular formula is C28H35ClO2. The Balaban J connectivity index is 2.14. The molecular weight excluding hydrogens is 404 g/mol. The van der Waals surface area contributed by atoms with Crippen LogP contribution in [0.5, 0.6) is 0 Å². The molecule has 2 atom stereocenters. The van der Waals surface area contributed by atoms with Gasteiger partial charge in [0.2, 0.25) is 0 Å². The molecule has 0 heterocycles. The number of aryl methyl sites for hydroxylation is 2. The summed E-state index contributed by atoms with van der Waals surface area (Å²) in [4.78, 5) is 12.9. The van der Waals surface area contributed by atoms with E-state index in [4.69, 9.17) is 11.6 Å². The van der Waals surface area contributed by atoms with Crippen LogP contribution in [0.25, 0.3) is 16.7 Å². The highest BCUT2D eigenvalue weighted by molar-refractivity contribution is 6.30. The Morgan fingerprint density at radius 1 is 1.13 bits per heavy atom. The van der Waals surface area contributed by atoms with Gasteiger partial charge in [0.25, 0.3) is 0 Å². The van der Waals surface area contributed by atoms with Gasteiger partial charge in [-0.2, -0.15) is 0 Å². The van der Waals surface area contributed by atoms with E-state index in [1.54, 1.807) is 6.92 Å². The predicted molar refractivity (Wildman–Crippen MR) is 132 cm³/mol. The van der Waals surface area contributed by atoms with E-state index < -0.39 is 0 Å². The maximum atomic E-state index is 12.9. The molecule has 0 bridgehead atoms. The monoisotopic (exact) mass is 438 g/mol. The lowest BCUT2D eigenvalue weighted by Crippen LogP contribution is -2.34. The molecule has 2 unspecified atom stereocenters. The van der Waals surface area contributed by atoms with Crippen molar-refractivity contribution in [2.24, 2.45) is 11.3 Å². The van der Waals surface area contributed by atoms with E-state index in [9.17, 15) is 9.90 Å². The second-order valence-electron chi connectivity index (χ2n) is 9.42. The fraction of sp³-hybridized carbons (Fsp3) is 0.464. The fourth-order valence-corrected chi connectivity index (χ4v) is 5.45. The first kappa shape index (κ1) is 23.6. The summed E-state index contributed by atoms with van der Waals surface area (Å²) in [6, 6.07) is 12.0. The van der Waals surface area contributed by atoms with E-state index in [0.717, 1.165) is 59.9 Å². The Hall–Kier alpha value is -2.06. The van der Waals surface area contributed by atoms with E-state index in [0.29, 0.717) is 22.3 Å². The minimum atomic E-state index is -0.343. The highest BCUT2D eigenvalue weighted by Crippen LogP contribution is 2.50. The maximum Gasteiger partial charge on any atom is 0.163 e. The highest BCUT2D eigenvalue weighted by atomic mass is 35.5. The van der Waals surface area contributed by atoms with E-state index in [1.165, 1.54) is 6.42 Å². The van der Waals surface area contributed by atoms with Crippen LogP contribution in [0.1, 0.15) is 76.0 Å². The number of aliphatic hydroxyl groups excluding tert-OH is 1. The molecule has 0 spiro atoms. The predicted octanol–water partition coefficient (Wildman–Crippen LogP) is 8.48. The van der Waals surface area contributed by atoms with Gasteiger partial charge < -0.3 is 5.11 Å². The molecule has 1 fully saturated rings. The summed E-state index contributed by atoms with van der Waals surface area (Å²) in [6.07, 6.45) is 6.53. The lowest BCUT2D eigenvalue weighted by molar-refractivity contribution is -0.112. The second-order valence-corrected chi connectivity index (χ2v) is 9.85. The molecule has 31 heavy (non-hydrogen) atoms. The van der Waals surface area contributed by atoms with Crippen LogP contribution in [-0.2, 0) is 4.79 Å². The number of rotatable bonds is 6. The zero-order valence-electron chi connectivity index (χ0n) is 19.5. The first-order valence-electron chi connectivity index (χ1n) is 11.5.